The highest BCUT2D eigenvalue weighted by molar-refractivity contribution is 14.0. The fraction of sp³-hybridized carbons (Fsp3) is 0.381. The molecule has 0 aliphatic heterocycles. The van der Waals surface area contributed by atoms with E-state index >= 15 is 0 Å². The third-order valence-corrected chi connectivity index (χ3v) is 4.16. The molecule has 0 unspecified atom stereocenters. The monoisotopic (exact) mass is 537 g/mol. The van der Waals surface area contributed by atoms with E-state index in [2.05, 4.69) is 26.4 Å². The van der Waals surface area contributed by atoms with Gasteiger partial charge in [-0.2, -0.15) is 13.2 Å². The second-order valence-electron chi connectivity index (χ2n) is 6.51. The predicted molar refractivity (Wildman–Crippen MR) is 122 cm³/mol. The molecule has 0 fully saturated rings. The van der Waals surface area contributed by atoms with Crippen LogP contribution >= 0.6 is 24.0 Å². The summed E-state index contributed by atoms with van der Waals surface area (Å²) in [6, 6.07) is 13.2. The SMILES string of the molecule is CN=C(NCc1ccc(COCC(F)(F)F)cc1)NCc1ccc(OC)c(C)c1.I. The first-order chi connectivity index (χ1) is 13.8. The molecule has 0 aromatic heterocycles. The molecule has 166 valence electrons. The van der Waals surface area contributed by atoms with E-state index in [4.69, 9.17) is 4.74 Å². The Balaban J connectivity index is 0.00000450. The van der Waals surface area contributed by atoms with Crippen LogP contribution in [0.15, 0.2) is 47.5 Å². The highest BCUT2D eigenvalue weighted by Gasteiger charge is 2.27. The second-order valence-corrected chi connectivity index (χ2v) is 6.51. The molecule has 2 aromatic rings. The van der Waals surface area contributed by atoms with E-state index in [1.54, 1.807) is 26.3 Å². The number of hydrogen-bond donors (Lipinski definition) is 2. The Bertz CT molecular complexity index is 812. The standard InChI is InChI=1S/C21H26F3N3O2.HI/c1-15-10-18(8-9-19(15)28-3)12-27-20(25-2)26-11-16-4-6-17(7-5-16)13-29-14-21(22,23)24;/h4-10H,11-14H2,1-3H3,(H2,25,26,27);1H. The van der Waals surface area contributed by atoms with Gasteiger partial charge in [-0.15, -0.1) is 24.0 Å². The average Bonchev–Trinajstić information content (AvgIpc) is 2.68. The first kappa shape index (κ1) is 26.0. The highest BCUT2D eigenvalue weighted by Crippen LogP contribution is 2.18. The molecule has 0 aliphatic rings. The highest BCUT2D eigenvalue weighted by atomic mass is 127. The summed E-state index contributed by atoms with van der Waals surface area (Å²) in [5.41, 5.74) is 3.84. The molecule has 0 bridgehead atoms. The van der Waals surface area contributed by atoms with Crippen LogP contribution in [-0.2, 0) is 24.4 Å². The van der Waals surface area contributed by atoms with Gasteiger partial charge < -0.3 is 20.1 Å². The third-order valence-electron chi connectivity index (χ3n) is 4.16. The molecule has 0 saturated heterocycles. The van der Waals surface area contributed by atoms with Crippen LogP contribution < -0.4 is 15.4 Å². The number of hydrogen-bond acceptors (Lipinski definition) is 3. The minimum Gasteiger partial charge on any atom is -0.496 e. The van der Waals surface area contributed by atoms with Crippen molar-refractivity contribution in [2.24, 2.45) is 4.99 Å². The van der Waals surface area contributed by atoms with Crippen molar-refractivity contribution in [2.75, 3.05) is 20.8 Å². The fourth-order valence-corrected chi connectivity index (χ4v) is 2.68. The molecule has 0 spiro atoms. The minimum atomic E-state index is -4.31. The quantitative estimate of drug-likeness (QED) is 0.295. The van der Waals surface area contributed by atoms with Crippen LogP contribution in [0, 0.1) is 6.92 Å². The first-order valence-corrected chi connectivity index (χ1v) is 9.11. The zero-order valence-electron chi connectivity index (χ0n) is 17.2. The molecule has 0 aliphatic carbocycles. The van der Waals surface area contributed by atoms with Crippen molar-refractivity contribution in [1.82, 2.24) is 10.6 Å². The average molecular weight is 537 g/mol. The number of halogens is 4. The smallest absolute Gasteiger partial charge is 0.411 e. The van der Waals surface area contributed by atoms with Gasteiger partial charge >= 0.3 is 6.18 Å². The van der Waals surface area contributed by atoms with Gasteiger partial charge in [0.25, 0.3) is 0 Å². The van der Waals surface area contributed by atoms with Gasteiger partial charge in [-0.1, -0.05) is 36.4 Å². The van der Waals surface area contributed by atoms with Crippen molar-refractivity contribution in [2.45, 2.75) is 32.8 Å². The maximum Gasteiger partial charge on any atom is 0.411 e. The summed E-state index contributed by atoms with van der Waals surface area (Å²) in [5, 5.41) is 6.46. The number of nitrogens with zero attached hydrogens (tertiary/aromatic N) is 1. The molecular weight excluding hydrogens is 510 g/mol. The molecule has 0 atom stereocenters. The summed E-state index contributed by atoms with van der Waals surface area (Å²) in [7, 11) is 3.34. The van der Waals surface area contributed by atoms with Crippen LogP contribution in [0.3, 0.4) is 0 Å². The summed E-state index contributed by atoms with van der Waals surface area (Å²) in [4.78, 5) is 4.20. The van der Waals surface area contributed by atoms with Crippen LogP contribution in [0.4, 0.5) is 13.2 Å². The number of ether oxygens (including phenoxy) is 2. The van der Waals surface area contributed by atoms with Crippen molar-refractivity contribution in [3.05, 3.63) is 64.7 Å². The zero-order chi connectivity index (χ0) is 21.3. The third kappa shape index (κ3) is 9.21. The topological polar surface area (TPSA) is 54.9 Å². The minimum absolute atomic E-state index is 0. The van der Waals surface area contributed by atoms with Crippen LogP contribution in [-0.4, -0.2) is 32.9 Å². The molecule has 2 N–H and O–H groups in total. The Labute approximate surface area is 192 Å². The number of aryl methyl sites for hydroxylation is 1. The van der Waals surface area contributed by atoms with E-state index in [1.165, 1.54) is 0 Å². The summed E-state index contributed by atoms with van der Waals surface area (Å²) >= 11 is 0. The first-order valence-electron chi connectivity index (χ1n) is 9.11. The Kier molecular flexibility index (Phi) is 11.0. The maximum atomic E-state index is 12.1. The lowest BCUT2D eigenvalue weighted by Crippen LogP contribution is -2.36. The molecule has 0 radical (unpaired) electrons. The van der Waals surface area contributed by atoms with Crippen molar-refractivity contribution in [1.29, 1.82) is 0 Å². The summed E-state index contributed by atoms with van der Waals surface area (Å²) in [6.07, 6.45) is -4.31. The molecule has 30 heavy (non-hydrogen) atoms. The maximum absolute atomic E-state index is 12.1. The number of aliphatic imine (C=N–C) groups is 1. The van der Waals surface area contributed by atoms with Crippen LogP contribution in [0.25, 0.3) is 0 Å². The number of methoxy groups -OCH3 is 1. The van der Waals surface area contributed by atoms with Crippen molar-refractivity contribution in [3.8, 4) is 5.75 Å². The molecule has 2 rings (SSSR count). The van der Waals surface area contributed by atoms with Gasteiger partial charge in [0, 0.05) is 20.1 Å². The van der Waals surface area contributed by atoms with E-state index in [0.717, 1.165) is 22.4 Å². The summed E-state index contributed by atoms with van der Waals surface area (Å²) in [6.45, 7) is 1.82. The number of guanidine groups is 1. The lowest BCUT2D eigenvalue weighted by molar-refractivity contribution is -0.176. The molecule has 9 heteroatoms. The zero-order valence-corrected chi connectivity index (χ0v) is 19.5. The number of nitrogens with one attached hydrogen (secondary N) is 2. The van der Waals surface area contributed by atoms with Crippen molar-refractivity contribution < 1.29 is 22.6 Å². The van der Waals surface area contributed by atoms with Crippen LogP contribution in [0.2, 0.25) is 0 Å². The van der Waals surface area contributed by atoms with E-state index in [0.29, 0.717) is 24.6 Å². The normalized spacial score (nSPS) is 11.6. The Morgan fingerprint density at radius 3 is 2.07 bits per heavy atom. The largest absolute Gasteiger partial charge is 0.496 e. The molecule has 0 heterocycles. The van der Waals surface area contributed by atoms with Gasteiger partial charge in [-0.05, 0) is 35.2 Å². The fourth-order valence-electron chi connectivity index (χ4n) is 2.68. The van der Waals surface area contributed by atoms with E-state index in [-0.39, 0.29) is 30.6 Å². The van der Waals surface area contributed by atoms with E-state index in [9.17, 15) is 13.2 Å². The lowest BCUT2D eigenvalue weighted by atomic mass is 10.1. The van der Waals surface area contributed by atoms with E-state index in [1.807, 2.05) is 31.2 Å². The van der Waals surface area contributed by atoms with Crippen LogP contribution in [0.1, 0.15) is 22.3 Å². The molecule has 5 nitrogen and oxygen atoms in total. The lowest BCUT2D eigenvalue weighted by Gasteiger charge is -2.13. The second kappa shape index (κ2) is 12.6. The molecule has 0 amide bonds. The van der Waals surface area contributed by atoms with Crippen molar-refractivity contribution >= 4 is 29.9 Å². The molecule has 0 saturated carbocycles. The van der Waals surface area contributed by atoms with Gasteiger partial charge in [0.2, 0.25) is 0 Å². The molecular formula is C21H27F3IN3O2. The van der Waals surface area contributed by atoms with Crippen LogP contribution in [0.5, 0.6) is 5.75 Å². The van der Waals surface area contributed by atoms with Gasteiger partial charge in [0.15, 0.2) is 5.96 Å². The Morgan fingerprint density at radius 2 is 1.53 bits per heavy atom. The Morgan fingerprint density at radius 1 is 0.967 bits per heavy atom. The van der Waals surface area contributed by atoms with Gasteiger partial charge in [-0.3, -0.25) is 4.99 Å². The number of benzene rings is 2. The summed E-state index contributed by atoms with van der Waals surface area (Å²) in [5.74, 6) is 1.50. The van der Waals surface area contributed by atoms with Crippen molar-refractivity contribution in [3.63, 3.8) is 0 Å². The number of alkyl halides is 3. The summed E-state index contributed by atoms with van der Waals surface area (Å²) < 4.78 is 46.2. The van der Waals surface area contributed by atoms with Gasteiger partial charge in [0.05, 0.1) is 13.7 Å². The predicted octanol–water partition coefficient (Wildman–Crippen LogP) is 4.57. The molecule has 2 aromatic carbocycles. The van der Waals surface area contributed by atoms with Gasteiger partial charge in [-0.25, -0.2) is 0 Å². The van der Waals surface area contributed by atoms with E-state index < -0.39 is 12.8 Å². The number of rotatable bonds is 8. The Hall–Kier alpha value is -2.01. The van der Waals surface area contributed by atoms with Gasteiger partial charge in [0.1, 0.15) is 12.4 Å².